The fourth-order valence-corrected chi connectivity index (χ4v) is 2.69. The molecule has 1 fully saturated rings. The van der Waals surface area contributed by atoms with Gasteiger partial charge in [0.2, 0.25) is 0 Å². The highest BCUT2D eigenvalue weighted by Crippen LogP contribution is 2.24. The van der Waals surface area contributed by atoms with Crippen molar-refractivity contribution >= 4 is 11.6 Å². The van der Waals surface area contributed by atoms with Crippen molar-refractivity contribution < 1.29 is 4.79 Å². The van der Waals surface area contributed by atoms with Gasteiger partial charge in [0.1, 0.15) is 0 Å². The first-order valence-electron chi connectivity index (χ1n) is 6.84. The Morgan fingerprint density at radius 2 is 2.26 bits per heavy atom. The van der Waals surface area contributed by atoms with Crippen molar-refractivity contribution in [2.24, 2.45) is 11.8 Å². The Morgan fingerprint density at radius 3 is 2.95 bits per heavy atom. The van der Waals surface area contributed by atoms with E-state index < -0.39 is 0 Å². The second kappa shape index (κ2) is 6.02. The van der Waals surface area contributed by atoms with Crippen LogP contribution in [0, 0.1) is 12.8 Å². The van der Waals surface area contributed by atoms with E-state index in [1.807, 2.05) is 6.92 Å². The predicted octanol–water partition coefficient (Wildman–Crippen LogP) is 1.98. The molecule has 104 valence electrons. The monoisotopic (exact) mass is 262 g/mol. The fraction of sp³-hybridized carbons (Fsp3) is 0.571. The van der Waals surface area contributed by atoms with E-state index in [1.54, 1.807) is 12.3 Å². The Bertz CT molecular complexity index is 461. The molecule has 1 aliphatic carbocycles. The molecule has 1 aromatic rings. The smallest absolute Gasteiger partial charge is 0.255 e. The van der Waals surface area contributed by atoms with Crippen LogP contribution in [0.1, 0.15) is 48.7 Å². The van der Waals surface area contributed by atoms with Crippen LogP contribution in [0.25, 0.3) is 0 Å². The number of hydrazine groups is 1. The van der Waals surface area contributed by atoms with Gasteiger partial charge in [0.25, 0.3) is 5.91 Å². The number of aryl methyl sites for hydroxylation is 1. The molecule has 1 saturated carbocycles. The summed E-state index contributed by atoms with van der Waals surface area (Å²) in [6.07, 6.45) is 6.12. The first-order chi connectivity index (χ1) is 9.10. The van der Waals surface area contributed by atoms with Gasteiger partial charge < -0.3 is 10.7 Å². The summed E-state index contributed by atoms with van der Waals surface area (Å²) >= 11 is 0. The zero-order valence-electron chi connectivity index (χ0n) is 11.6. The molecule has 0 saturated heterocycles. The number of nitrogens with zero attached hydrogens (tertiary/aromatic N) is 1. The van der Waals surface area contributed by atoms with E-state index in [2.05, 4.69) is 22.7 Å². The van der Waals surface area contributed by atoms with Crippen molar-refractivity contribution in [2.75, 3.05) is 5.43 Å². The standard InChI is InChI=1S/C14H22N4O/c1-9-4-3-5-11(6-9)17-14(19)12-8-16-10(2)7-13(12)18-15/h7-9,11H,3-6,15H2,1-2H3,(H,16,18)(H,17,19). The summed E-state index contributed by atoms with van der Waals surface area (Å²) < 4.78 is 0. The first-order valence-corrected chi connectivity index (χ1v) is 6.84. The van der Waals surface area contributed by atoms with Gasteiger partial charge in [-0.1, -0.05) is 19.8 Å². The molecule has 19 heavy (non-hydrogen) atoms. The highest BCUT2D eigenvalue weighted by atomic mass is 16.1. The van der Waals surface area contributed by atoms with Gasteiger partial charge in [-0.25, -0.2) is 0 Å². The lowest BCUT2D eigenvalue weighted by Gasteiger charge is -2.27. The normalized spacial score (nSPS) is 22.9. The van der Waals surface area contributed by atoms with Crippen molar-refractivity contribution in [1.82, 2.24) is 10.3 Å². The number of nitrogens with two attached hydrogens (primary N) is 1. The Hall–Kier alpha value is -1.62. The molecule has 2 rings (SSSR count). The van der Waals surface area contributed by atoms with Crippen LogP contribution in [0.2, 0.25) is 0 Å². The molecule has 0 spiro atoms. The molecule has 0 aromatic carbocycles. The third-order valence-corrected chi connectivity index (χ3v) is 3.71. The molecule has 4 N–H and O–H groups in total. The largest absolute Gasteiger partial charge is 0.349 e. The summed E-state index contributed by atoms with van der Waals surface area (Å²) in [6, 6.07) is 2.04. The molecule has 1 aromatic heterocycles. The van der Waals surface area contributed by atoms with Gasteiger partial charge in [-0.3, -0.25) is 15.6 Å². The van der Waals surface area contributed by atoms with Gasteiger partial charge in [0, 0.05) is 17.9 Å². The van der Waals surface area contributed by atoms with Gasteiger partial charge in [-0.15, -0.1) is 0 Å². The van der Waals surface area contributed by atoms with Crippen LogP contribution < -0.4 is 16.6 Å². The summed E-state index contributed by atoms with van der Waals surface area (Å²) in [5.41, 5.74) is 4.52. The third kappa shape index (κ3) is 3.44. The Kier molecular flexibility index (Phi) is 4.37. The van der Waals surface area contributed by atoms with E-state index >= 15 is 0 Å². The maximum atomic E-state index is 12.3. The second-order valence-corrected chi connectivity index (χ2v) is 5.46. The molecule has 0 aliphatic heterocycles. The van der Waals surface area contributed by atoms with Gasteiger partial charge in [-0.05, 0) is 31.7 Å². The van der Waals surface area contributed by atoms with E-state index in [-0.39, 0.29) is 11.9 Å². The van der Waals surface area contributed by atoms with E-state index in [9.17, 15) is 4.79 Å². The molecule has 1 heterocycles. The van der Waals surface area contributed by atoms with Crippen molar-refractivity contribution in [1.29, 1.82) is 0 Å². The van der Waals surface area contributed by atoms with Crippen LogP contribution in [-0.4, -0.2) is 16.9 Å². The minimum absolute atomic E-state index is 0.0976. The third-order valence-electron chi connectivity index (χ3n) is 3.71. The summed E-state index contributed by atoms with van der Waals surface area (Å²) in [6.45, 7) is 4.10. The lowest BCUT2D eigenvalue weighted by molar-refractivity contribution is 0.0922. The number of amides is 1. The van der Waals surface area contributed by atoms with E-state index in [0.29, 0.717) is 17.2 Å². The average molecular weight is 262 g/mol. The SMILES string of the molecule is Cc1cc(NN)c(C(=O)NC2CCCC(C)C2)cn1. The minimum atomic E-state index is -0.0976. The number of carbonyl (C=O) groups excluding carboxylic acids is 1. The van der Waals surface area contributed by atoms with Gasteiger partial charge in [-0.2, -0.15) is 0 Å². The van der Waals surface area contributed by atoms with Gasteiger partial charge >= 0.3 is 0 Å². The highest BCUT2D eigenvalue weighted by molar-refractivity contribution is 5.99. The van der Waals surface area contributed by atoms with Gasteiger partial charge in [0.05, 0.1) is 11.3 Å². The van der Waals surface area contributed by atoms with Crippen molar-refractivity contribution in [3.8, 4) is 0 Å². The van der Waals surface area contributed by atoms with Crippen LogP contribution in [0.4, 0.5) is 5.69 Å². The number of carbonyl (C=O) groups is 1. The number of hydrogen-bond donors (Lipinski definition) is 3. The van der Waals surface area contributed by atoms with Crippen molar-refractivity contribution in [2.45, 2.75) is 45.6 Å². The number of rotatable bonds is 3. The van der Waals surface area contributed by atoms with Crippen LogP contribution in [0.15, 0.2) is 12.3 Å². The predicted molar refractivity (Wildman–Crippen MR) is 75.7 cm³/mol. The number of anilines is 1. The van der Waals surface area contributed by atoms with E-state index in [0.717, 1.165) is 18.5 Å². The zero-order valence-corrected chi connectivity index (χ0v) is 11.6. The Labute approximate surface area is 114 Å². The van der Waals surface area contributed by atoms with E-state index in [4.69, 9.17) is 5.84 Å². The molecule has 1 amide bonds. The highest BCUT2D eigenvalue weighted by Gasteiger charge is 2.22. The molecule has 2 unspecified atom stereocenters. The Balaban J connectivity index is 2.07. The summed E-state index contributed by atoms with van der Waals surface area (Å²) in [4.78, 5) is 16.4. The van der Waals surface area contributed by atoms with Crippen LogP contribution >= 0.6 is 0 Å². The minimum Gasteiger partial charge on any atom is -0.349 e. The number of aromatic nitrogens is 1. The molecular formula is C14H22N4O. The lowest BCUT2D eigenvalue weighted by atomic mass is 9.87. The summed E-state index contributed by atoms with van der Waals surface area (Å²) in [5.74, 6) is 6.04. The van der Waals surface area contributed by atoms with Gasteiger partial charge in [0.15, 0.2) is 0 Å². The van der Waals surface area contributed by atoms with Crippen LogP contribution in [-0.2, 0) is 0 Å². The number of hydrogen-bond acceptors (Lipinski definition) is 4. The molecule has 0 radical (unpaired) electrons. The topological polar surface area (TPSA) is 80.0 Å². The number of pyridine rings is 1. The number of nitrogens with one attached hydrogen (secondary N) is 2. The van der Waals surface area contributed by atoms with E-state index in [1.165, 1.54) is 12.8 Å². The van der Waals surface area contributed by atoms with Crippen molar-refractivity contribution in [3.05, 3.63) is 23.5 Å². The average Bonchev–Trinajstić information content (AvgIpc) is 2.38. The maximum absolute atomic E-state index is 12.3. The molecule has 1 aliphatic rings. The summed E-state index contributed by atoms with van der Waals surface area (Å²) in [7, 11) is 0. The maximum Gasteiger partial charge on any atom is 0.255 e. The summed E-state index contributed by atoms with van der Waals surface area (Å²) in [5, 5.41) is 3.09. The zero-order chi connectivity index (χ0) is 13.8. The number of nitrogen functional groups attached to an aromatic ring is 1. The van der Waals surface area contributed by atoms with Crippen LogP contribution in [0.3, 0.4) is 0 Å². The lowest BCUT2D eigenvalue weighted by Crippen LogP contribution is -2.38. The Morgan fingerprint density at radius 1 is 1.47 bits per heavy atom. The molecule has 5 heteroatoms. The van der Waals surface area contributed by atoms with Crippen LogP contribution in [0.5, 0.6) is 0 Å². The molecular weight excluding hydrogens is 240 g/mol. The van der Waals surface area contributed by atoms with Crippen molar-refractivity contribution in [3.63, 3.8) is 0 Å². The molecule has 0 bridgehead atoms. The quantitative estimate of drug-likeness (QED) is 0.575. The molecule has 5 nitrogen and oxygen atoms in total. The first kappa shape index (κ1) is 13.8. The fourth-order valence-electron chi connectivity index (χ4n) is 2.69. The second-order valence-electron chi connectivity index (χ2n) is 5.46. The molecule has 2 atom stereocenters.